The lowest BCUT2D eigenvalue weighted by atomic mass is 10.0. The van der Waals surface area contributed by atoms with Gasteiger partial charge in [0.1, 0.15) is 11.5 Å². The lowest BCUT2D eigenvalue weighted by molar-refractivity contribution is -0.137. The van der Waals surface area contributed by atoms with Crippen LogP contribution in [0.2, 0.25) is 0 Å². The van der Waals surface area contributed by atoms with Crippen LogP contribution in [-0.4, -0.2) is 30.6 Å². The fourth-order valence-corrected chi connectivity index (χ4v) is 2.27. The molecule has 2 aromatic carbocycles. The molecule has 0 fully saturated rings. The lowest BCUT2D eigenvalue weighted by Gasteiger charge is -2.10. The van der Waals surface area contributed by atoms with Gasteiger partial charge in [-0.2, -0.15) is 0 Å². The van der Waals surface area contributed by atoms with Crippen LogP contribution in [0.4, 0.5) is 0 Å². The fourth-order valence-electron chi connectivity index (χ4n) is 2.27. The highest BCUT2D eigenvalue weighted by Crippen LogP contribution is 2.27. The van der Waals surface area contributed by atoms with E-state index in [1.54, 1.807) is 12.1 Å². The summed E-state index contributed by atoms with van der Waals surface area (Å²) in [6.45, 7) is 2.80. The van der Waals surface area contributed by atoms with E-state index in [0.717, 1.165) is 23.2 Å². The average Bonchev–Trinajstić information content (AvgIpc) is 2.59. The topological polar surface area (TPSA) is 72.8 Å². The fraction of sp³-hybridized carbons (Fsp3) is 0.263. The summed E-state index contributed by atoms with van der Waals surface area (Å²) >= 11 is 0. The van der Waals surface area contributed by atoms with Gasteiger partial charge in [0.15, 0.2) is 6.29 Å². The number of aldehydes is 1. The minimum absolute atomic E-state index is 0.0423. The normalized spacial score (nSPS) is 10.2. The van der Waals surface area contributed by atoms with E-state index in [1.807, 2.05) is 37.3 Å². The highest BCUT2D eigenvalue weighted by atomic mass is 16.5. The Hall–Kier alpha value is -2.82. The molecule has 0 spiro atoms. The summed E-state index contributed by atoms with van der Waals surface area (Å²) in [5, 5.41) is 8.61. The Morgan fingerprint density at radius 2 is 1.79 bits per heavy atom. The Bertz CT molecular complexity index is 691. The summed E-state index contributed by atoms with van der Waals surface area (Å²) in [5.41, 5.74) is 2.31. The maximum Gasteiger partial charge on any atom is 0.303 e. The number of aliphatic carboxylic acids is 1. The Kier molecular flexibility index (Phi) is 6.37. The van der Waals surface area contributed by atoms with E-state index >= 15 is 0 Å². The smallest absolute Gasteiger partial charge is 0.303 e. The van der Waals surface area contributed by atoms with Gasteiger partial charge in [-0.15, -0.1) is 0 Å². The molecule has 1 N–H and O–H groups in total. The van der Waals surface area contributed by atoms with Gasteiger partial charge in [0.05, 0.1) is 18.8 Å². The molecule has 0 aromatic heterocycles. The second kappa shape index (κ2) is 8.72. The number of benzene rings is 2. The van der Waals surface area contributed by atoms with Crippen LogP contribution in [0, 0.1) is 0 Å². The largest absolute Gasteiger partial charge is 0.494 e. The van der Waals surface area contributed by atoms with E-state index in [-0.39, 0.29) is 13.0 Å². The number of carboxylic acid groups (broad SMARTS) is 1. The molecular weight excluding hydrogens is 308 g/mol. The first-order valence-electron chi connectivity index (χ1n) is 7.81. The zero-order chi connectivity index (χ0) is 17.4. The van der Waals surface area contributed by atoms with Crippen molar-refractivity contribution >= 4 is 12.3 Å². The van der Waals surface area contributed by atoms with Gasteiger partial charge in [-0.25, -0.2) is 0 Å². The number of carbonyl (C=O) groups excluding carboxylic acids is 1. The summed E-state index contributed by atoms with van der Waals surface area (Å²) < 4.78 is 10.9. The summed E-state index contributed by atoms with van der Waals surface area (Å²) in [5.74, 6) is 0.403. The van der Waals surface area contributed by atoms with E-state index in [4.69, 9.17) is 14.6 Å². The highest BCUT2D eigenvalue weighted by Gasteiger charge is 2.07. The molecule has 5 nitrogen and oxygen atoms in total. The van der Waals surface area contributed by atoms with Crippen molar-refractivity contribution in [2.24, 2.45) is 0 Å². The van der Waals surface area contributed by atoms with Crippen LogP contribution in [0.25, 0.3) is 11.1 Å². The van der Waals surface area contributed by atoms with Gasteiger partial charge in [0.25, 0.3) is 0 Å². The molecule has 0 saturated heterocycles. The Morgan fingerprint density at radius 3 is 2.42 bits per heavy atom. The molecule has 5 heteroatoms. The van der Waals surface area contributed by atoms with Crippen LogP contribution in [-0.2, 0) is 4.79 Å². The van der Waals surface area contributed by atoms with E-state index < -0.39 is 5.97 Å². The zero-order valence-electron chi connectivity index (χ0n) is 13.5. The molecule has 24 heavy (non-hydrogen) atoms. The molecule has 0 aliphatic heterocycles. The van der Waals surface area contributed by atoms with E-state index in [0.29, 0.717) is 24.3 Å². The van der Waals surface area contributed by atoms with Crippen molar-refractivity contribution in [3.63, 3.8) is 0 Å². The average molecular weight is 328 g/mol. The van der Waals surface area contributed by atoms with Gasteiger partial charge < -0.3 is 14.6 Å². The van der Waals surface area contributed by atoms with Crippen molar-refractivity contribution in [3.8, 4) is 22.6 Å². The van der Waals surface area contributed by atoms with Crippen molar-refractivity contribution < 1.29 is 24.2 Å². The number of ether oxygens (including phenoxy) is 2. The van der Waals surface area contributed by atoms with Gasteiger partial charge in [-0.3, -0.25) is 9.59 Å². The third-order valence-corrected chi connectivity index (χ3v) is 3.43. The summed E-state index contributed by atoms with van der Waals surface area (Å²) in [4.78, 5) is 21.8. The van der Waals surface area contributed by atoms with Crippen LogP contribution < -0.4 is 9.47 Å². The molecule has 0 atom stereocenters. The minimum Gasteiger partial charge on any atom is -0.494 e. The van der Waals surface area contributed by atoms with Crippen molar-refractivity contribution in [2.75, 3.05) is 13.2 Å². The third-order valence-electron chi connectivity index (χ3n) is 3.43. The number of rotatable bonds is 9. The maximum atomic E-state index is 11.3. The summed E-state index contributed by atoms with van der Waals surface area (Å²) in [6, 6.07) is 13.0. The molecule has 0 unspecified atom stereocenters. The summed E-state index contributed by atoms with van der Waals surface area (Å²) in [6.07, 6.45) is 1.18. The van der Waals surface area contributed by atoms with Crippen LogP contribution >= 0.6 is 0 Å². The van der Waals surface area contributed by atoms with Crippen LogP contribution in [0.3, 0.4) is 0 Å². The van der Waals surface area contributed by atoms with Crippen LogP contribution in [0.5, 0.6) is 11.5 Å². The van der Waals surface area contributed by atoms with Gasteiger partial charge in [-0.1, -0.05) is 18.2 Å². The molecule has 0 heterocycles. The predicted octanol–water partition coefficient (Wildman–Crippen LogP) is 3.81. The second-order valence-corrected chi connectivity index (χ2v) is 5.17. The second-order valence-electron chi connectivity index (χ2n) is 5.17. The van der Waals surface area contributed by atoms with Crippen LogP contribution in [0.1, 0.15) is 30.1 Å². The van der Waals surface area contributed by atoms with Crippen molar-refractivity contribution in [1.29, 1.82) is 0 Å². The molecule has 0 aliphatic carbocycles. The molecule has 2 aromatic rings. The van der Waals surface area contributed by atoms with Crippen LogP contribution in [0.15, 0.2) is 42.5 Å². The standard InChI is InChI=1S/C19H20O5/c1-2-23-17-8-5-14(6-9-17)15-7-10-18(16(12-15)13-20)24-11-3-4-19(21)22/h5-10,12-13H,2-4,11H2,1H3,(H,21,22). The molecule has 0 saturated carbocycles. The number of carbonyl (C=O) groups is 2. The molecule has 0 radical (unpaired) electrons. The minimum atomic E-state index is -0.861. The number of hydrogen-bond donors (Lipinski definition) is 1. The van der Waals surface area contributed by atoms with E-state index in [2.05, 4.69) is 0 Å². The van der Waals surface area contributed by atoms with E-state index in [9.17, 15) is 9.59 Å². The number of hydrogen-bond acceptors (Lipinski definition) is 4. The molecule has 2 rings (SSSR count). The van der Waals surface area contributed by atoms with Crippen molar-refractivity contribution in [3.05, 3.63) is 48.0 Å². The molecule has 0 amide bonds. The predicted molar refractivity (Wildman–Crippen MR) is 90.8 cm³/mol. The van der Waals surface area contributed by atoms with E-state index in [1.165, 1.54) is 0 Å². The Morgan fingerprint density at radius 1 is 1.08 bits per heavy atom. The SMILES string of the molecule is CCOc1ccc(-c2ccc(OCCCC(=O)O)c(C=O)c2)cc1. The van der Waals surface area contributed by atoms with Crippen molar-refractivity contribution in [1.82, 2.24) is 0 Å². The molecular formula is C19H20O5. The molecule has 0 bridgehead atoms. The molecule has 126 valence electrons. The van der Waals surface area contributed by atoms with Gasteiger partial charge >= 0.3 is 5.97 Å². The van der Waals surface area contributed by atoms with Gasteiger partial charge in [0.2, 0.25) is 0 Å². The lowest BCUT2D eigenvalue weighted by Crippen LogP contribution is -2.03. The Balaban J connectivity index is 2.10. The first kappa shape index (κ1) is 17.5. The third kappa shape index (κ3) is 4.84. The zero-order valence-corrected chi connectivity index (χ0v) is 13.5. The first-order valence-corrected chi connectivity index (χ1v) is 7.81. The summed E-state index contributed by atoms with van der Waals surface area (Å²) in [7, 11) is 0. The van der Waals surface area contributed by atoms with Crippen molar-refractivity contribution in [2.45, 2.75) is 19.8 Å². The van der Waals surface area contributed by atoms with Gasteiger partial charge in [-0.05, 0) is 48.7 Å². The monoisotopic (exact) mass is 328 g/mol. The molecule has 0 aliphatic rings. The first-order chi connectivity index (χ1) is 11.6. The Labute approximate surface area is 140 Å². The van der Waals surface area contributed by atoms with Gasteiger partial charge in [0, 0.05) is 6.42 Å². The number of carboxylic acids is 1. The highest BCUT2D eigenvalue weighted by molar-refractivity contribution is 5.83. The maximum absolute atomic E-state index is 11.3. The quantitative estimate of drug-likeness (QED) is 0.560.